The Hall–Kier alpha value is -2.47. The minimum Gasteiger partial charge on any atom is -0.333 e. The van der Waals surface area contributed by atoms with Crippen molar-refractivity contribution in [3.8, 4) is 0 Å². The van der Waals surface area contributed by atoms with E-state index in [0.29, 0.717) is 5.56 Å². The van der Waals surface area contributed by atoms with Gasteiger partial charge in [-0.15, -0.1) is 0 Å². The van der Waals surface area contributed by atoms with Crippen molar-refractivity contribution in [2.45, 2.75) is 79.3 Å². The summed E-state index contributed by atoms with van der Waals surface area (Å²) in [7, 11) is 3.27. The summed E-state index contributed by atoms with van der Waals surface area (Å²) in [5.74, 6) is -0.0598. The van der Waals surface area contributed by atoms with Crippen molar-refractivity contribution >= 4 is 11.6 Å². The van der Waals surface area contributed by atoms with Crippen LogP contribution in [0.1, 0.15) is 101 Å². The number of nitrogens with two attached hydrogens (primary N) is 3. The van der Waals surface area contributed by atoms with Gasteiger partial charge < -0.3 is 22.1 Å². The molecule has 3 rings (SSSR count). The smallest absolute Gasteiger partial charge is 0.258 e. The van der Waals surface area contributed by atoms with Crippen LogP contribution in [0.2, 0.25) is 0 Å². The summed E-state index contributed by atoms with van der Waals surface area (Å²) in [6.45, 7) is 12.4. The average molecular weight is 471 g/mol. The Kier molecular flexibility index (Phi) is 20.9. The van der Waals surface area contributed by atoms with Crippen LogP contribution in [-0.2, 0) is 0 Å². The topological polar surface area (TPSA) is 98.4 Å². The molecular formula is C29H50N4O. The summed E-state index contributed by atoms with van der Waals surface area (Å²) in [6.07, 6.45) is 9.61. The van der Waals surface area contributed by atoms with E-state index in [9.17, 15) is 4.79 Å². The van der Waals surface area contributed by atoms with Crippen LogP contribution in [0.15, 0.2) is 60.7 Å². The zero-order valence-corrected chi connectivity index (χ0v) is 22.8. The lowest BCUT2D eigenvalue weighted by atomic mass is 9.88. The molecule has 192 valence electrons. The largest absolute Gasteiger partial charge is 0.333 e. The minimum atomic E-state index is -0.398. The first kappa shape index (κ1) is 33.7. The fourth-order valence-electron chi connectivity index (χ4n) is 3.34. The van der Waals surface area contributed by atoms with E-state index in [0.717, 1.165) is 16.8 Å². The average Bonchev–Trinajstić information content (AvgIpc) is 2.93. The zero-order chi connectivity index (χ0) is 26.5. The van der Waals surface area contributed by atoms with E-state index in [1.54, 1.807) is 18.0 Å². The Bertz CT molecular complexity index is 804. The van der Waals surface area contributed by atoms with Gasteiger partial charge in [0.1, 0.15) is 0 Å². The molecule has 1 amide bonds. The molecule has 6 N–H and O–H groups in total. The van der Waals surface area contributed by atoms with E-state index < -0.39 is 6.04 Å². The van der Waals surface area contributed by atoms with Crippen molar-refractivity contribution in [3.05, 3.63) is 77.4 Å². The summed E-state index contributed by atoms with van der Waals surface area (Å²) in [5.41, 5.74) is 20.2. The molecule has 2 atom stereocenters. The number of anilines is 1. The predicted molar refractivity (Wildman–Crippen MR) is 151 cm³/mol. The van der Waals surface area contributed by atoms with Gasteiger partial charge in [0.15, 0.2) is 0 Å². The van der Waals surface area contributed by atoms with Crippen molar-refractivity contribution in [3.63, 3.8) is 0 Å². The number of hydrogen-bond acceptors (Lipinski definition) is 4. The van der Waals surface area contributed by atoms with E-state index >= 15 is 0 Å². The Labute approximate surface area is 209 Å². The Morgan fingerprint density at radius 3 is 1.88 bits per heavy atom. The maximum Gasteiger partial charge on any atom is 0.258 e. The number of carbonyl (C=O) groups is 1. The molecule has 0 aliphatic carbocycles. The van der Waals surface area contributed by atoms with Crippen LogP contribution < -0.4 is 22.1 Å². The Balaban J connectivity index is 0. The molecule has 0 bridgehead atoms. The number of hydrogen-bond donors (Lipinski definition) is 3. The van der Waals surface area contributed by atoms with Gasteiger partial charge in [0.2, 0.25) is 0 Å². The SMILES string of the molecule is CC.CC.CC/C=C\CCCC.CN.CN1C(=O)c2ccccc2C(N)C(N)c2ccccc21. The molecule has 5 nitrogen and oxygen atoms in total. The number of allylic oxidation sites excluding steroid dienone is 2. The number of carbonyl (C=O) groups excluding carboxylic acids is 1. The molecular weight excluding hydrogens is 420 g/mol. The van der Waals surface area contributed by atoms with Gasteiger partial charge in [-0.2, -0.15) is 0 Å². The van der Waals surface area contributed by atoms with Gasteiger partial charge >= 0.3 is 0 Å². The van der Waals surface area contributed by atoms with Gasteiger partial charge in [-0.05, 0) is 43.1 Å². The van der Waals surface area contributed by atoms with Gasteiger partial charge in [-0.1, -0.05) is 103 Å². The highest BCUT2D eigenvalue weighted by molar-refractivity contribution is 6.07. The van der Waals surface area contributed by atoms with Crippen molar-refractivity contribution in [2.24, 2.45) is 17.2 Å². The molecule has 0 fully saturated rings. The number of fused-ring (bicyclic) bond motifs is 2. The third-order valence-electron chi connectivity index (χ3n) is 5.03. The molecule has 0 aromatic heterocycles. The van der Waals surface area contributed by atoms with E-state index in [1.165, 1.54) is 32.7 Å². The second-order valence-electron chi connectivity index (χ2n) is 7.08. The van der Waals surface area contributed by atoms with Crippen LogP contribution in [0.3, 0.4) is 0 Å². The molecule has 0 saturated carbocycles. The highest BCUT2D eigenvalue weighted by Gasteiger charge is 2.30. The van der Waals surface area contributed by atoms with Crippen molar-refractivity contribution in [1.82, 2.24) is 0 Å². The summed E-state index contributed by atoms with van der Waals surface area (Å²) < 4.78 is 0. The summed E-state index contributed by atoms with van der Waals surface area (Å²) in [5, 5.41) is 0. The highest BCUT2D eigenvalue weighted by Crippen LogP contribution is 2.36. The first-order chi connectivity index (χ1) is 16.5. The van der Waals surface area contributed by atoms with Crippen LogP contribution in [0.4, 0.5) is 5.69 Å². The van der Waals surface area contributed by atoms with E-state index in [-0.39, 0.29) is 11.9 Å². The number of amides is 1. The summed E-state index contributed by atoms with van der Waals surface area (Å²) >= 11 is 0. The van der Waals surface area contributed by atoms with Crippen molar-refractivity contribution in [1.29, 1.82) is 0 Å². The lowest BCUT2D eigenvalue weighted by Gasteiger charge is -2.31. The maximum atomic E-state index is 12.6. The third kappa shape index (κ3) is 10.2. The molecule has 0 radical (unpaired) electrons. The normalized spacial score (nSPS) is 15.9. The molecule has 1 heterocycles. The molecule has 0 spiro atoms. The van der Waals surface area contributed by atoms with Crippen LogP contribution in [0.25, 0.3) is 0 Å². The maximum absolute atomic E-state index is 12.6. The fraction of sp³-hybridized carbons (Fsp3) is 0.483. The summed E-state index contributed by atoms with van der Waals surface area (Å²) in [6, 6.07) is 14.3. The first-order valence-corrected chi connectivity index (χ1v) is 12.7. The third-order valence-corrected chi connectivity index (χ3v) is 5.03. The standard InChI is InChI=1S/C16H17N3O.C8H16.2C2H6.CH5N/c1-19-13-9-5-4-8-12(13)15(18)14(17)10-6-2-3-7-11(10)16(19)20;1-3-5-7-8-6-4-2;3*1-2/h2-9,14-15H,17-18H2,1H3;5,7H,3-4,6,8H2,1-2H3;2*1-2H3;2H2,1H3/b;7-5-;;;. The van der Waals surface area contributed by atoms with Crippen molar-refractivity contribution < 1.29 is 4.79 Å². The van der Waals surface area contributed by atoms with E-state index in [2.05, 4.69) is 31.7 Å². The predicted octanol–water partition coefficient (Wildman–Crippen LogP) is 6.75. The fourth-order valence-corrected chi connectivity index (χ4v) is 3.34. The summed E-state index contributed by atoms with van der Waals surface area (Å²) in [4.78, 5) is 14.3. The molecule has 34 heavy (non-hydrogen) atoms. The lowest BCUT2D eigenvalue weighted by molar-refractivity contribution is 0.0990. The quantitative estimate of drug-likeness (QED) is 0.340. The number of benzene rings is 2. The van der Waals surface area contributed by atoms with E-state index in [1.807, 2.05) is 70.2 Å². The van der Waals surface area contributed by atoms with Crippen LogP contribution >= 0.6 is 0 Å². The van der Waals surface area contributed by atoms with Gasteiger partial charge in [0.25, 0.3) is 5.91 Å². The number of rotatable bonds is 4. The van der Waals surface area contributed by atoms with E-state index in [4.69, 9.17) is 11.5 Å². The van der Waals surface area contributed by atoms with Crippen LogP contribution in [-0.4, -0.2) is 20.0 Å². The number of unbranched alkanes of at least 4 members (excludes halogenated alkanes) is 2. The minimum absolute atomic E-state index is 0.0598. The number of para-hydroxylation sites is 1. The monoisotopic (exact) mass is 470 g/mol. The molecule has 2 aromatic carbocycles. The molecule has 1 aliphatic heterocycles. The molecule has 2 aromatic rings. The molecule has 0 saturated heterocycles. The Morgan fingerprint density at radius 1 is 0.824 bits per heavy atom. The second kappa shape index (κ2) is 21.1. The van der Waals surface area contributed by atoms with Crippen molar-refractivity contribution in [2.75, 3.05) is 19.0 Å². The lowest BCUT2D eigenvalue weighted by Crippen LogP contribution is -2.36. The van der Waals surface area contributed by atoms with Crippen LogP contribution in [0, 0.1) is 0 Å². The van der Waals surface area contributed by atoms with Gasteiger partial charge in [0.05, 0.1) is 6.04 Å². The molecule has 2 unspecified atom stereocenters. The molecule has 1 aliphatic rings. The molecule has 5 heteroatoms. The van der Waals surface area contributed by atoms with Gasteiger partial charge in [-0.3, -0.25) is 4.79 Å². The Morgan fingerprint density at radius 2 is 1.32 bits per heavy atom. The van der Waals surface area contributed by atoms with Gasteiger partial charge in [-0.25, -0.2) is 0 Å². The second-order valence-corrected chi connectivity index (χ2v) is 7.08. The first-order valence-electron chi connectivity index (χ1n) is 12.7. The zero-order valence-electron chi connectivity index (χ0n) is 22.8. The highest BCUT2D eigenvalue weighted by atomic mass is 16.2. The van der Waals surface area contributed by atoms with Gasteiger partial charge in [0, 0.05) is 24.3 Å². The number of nitrogens with zero attached hydrogens (tertiary/aromatic N) is 1. The van der Waals surface area contributed by atoms with Crippen LogP contribution in [0.5, 0.6) is 0 Å².